The highest BCUT2D eigenvalue weighted by atomic mass is 32.1. The van der Waals surface area contributed by atoms with Crippen molar-refractivity contribution >= 4 is 16.7 Å². The molecule has 1 aromatic heterocycles. The molecule has 72 valence electrons. The summed E-state index contributed by atoms with van der Waals surface area (Å²) in [6.07, 6.45) is 3.90. The average Bonchev–Trinajstić information content (AvgIpc) is 2.67. The molecular weight excluding hydrogens is 184 g/mol. The van der Waals surface area contributed by atoms with E-state index in [2.05, 4.69) is 14.3 Å². The van der Waals surface area contributed by atoms with Crippen molar-refractivity contribution in [3.05, 3.63) is 5.82 Å². The van der Waals surface area contributed by atoms with Gasteiger partial charge in [-0.25, -0.2) is 4.98 Å². The maximum atomic E-state index is 5.46. The zero-order valence-electron chi connectivity index (χ0n) is 7.57. The van der Waals surface area contributed by atoms with E-state index in [0.717, 1.165) is 24.0 Å². The highest BCUT2D eigenvalue weighted by molar-refractivity contribution is 7.09. The number of piperidine rings is 1. The highest BCUT2D eigenvalue weighted by Gasteiger charge is 2.14. The first-order valence-electron chi connectivity index (χ1n) is 4.68. The average molecular weight is 198 g/mol. The molecule has 0 aromatic carbocycles. The van der Waals surface area contributed by atoms with Gasteiger partial charge in [-0.1, -0.05) is 0 Å². The second-order valence-electron chi connectivity index (χ2n) is 3.25. The zero-order chi connectivity index (χ0) is 9.10. The number of nitrogens with zero attached hydrogens (tertiary/aromatic N) is 3. The fraction of sp³-hybridized carbons (Fsp3) is 0.750. The molecule has 0 radical (unpaired) electrons. The van der Waals surface area contributed by atoms with Crippen molar-refractivity contribution in [3.8, 4) is 0 Å². The van der Waals surface area contributed by atoms with Crippen LogP contribution in [0.5, 0.6) is 0 Å². The number of nitrogens with two attached hydrogens (primary N) is 1. The minimum atomic E-state index is 0.449. The molecule has 1 fully saturated rings. The summed E-state index contributed by atoms with van der Waals surface area (Å²) in [7, 11) is 0. The number of aromatic nitrogens is 2. The van der Waals surface area contributed by atoms with Crippen LogP contribution in [0.2, 0.25) is 0 Å². The van der Waals surface area contributed by atoms with Gasteiger partial charge < -0.3 is 10.6 Å². The fourth-order valence-electron chi connectivity index (χ4n) is 1.54. The maximum Gasteiger partial charge on any atom is 0.205 e. The molecule has 0 saturated carbocycles. The standard InChI is InChI=1S/C8H14N4S/c9-6-7-10-8(13-11-7)12-4-2-1-3-5-12/h1-6,9H2. The van der Waals surface area contributed by atoms with Gasteiger partial charge in [-0.3, -0.25) is 0 Å². The summed E-state index contributed by atoms with van der Waals surface area (Å²) in [5, 5.41) is 1.04. The van der Waals surface area contributed by atoms with Gasteiger partial charge in [-0.05, 0) is 19.3 Å². The Morgan fingerprint density at radius 3 is 2.69 bits per heavy atom. The van der Waals surface area contributed by atoms with Crippen LogP contribution in [-0.2, 0) is 6.54 Å². The summed E-state index contributed by atoms with van der Waals surface area (Å²) in [6.45, 7) is 2.70. The lowest BCUT2D eigenvalue weighted by atomic mass is 10.1. The van der Waals surface area contributed by atoms with E-state index in [4.69, 9.17) is 5.73 Å². The molecule has 0 amide bonds. The Labute approximate surface area is 81.9 Å². The lowest BCUT2D eigenvalue weighted by Crippen LogP contribution is -2.29. The Bertz CT molecular complexity index is 267. The molecule has 4 nitrogen and oxygen atoms in total. The summed E-state index contributed by atoms with van der Waals surface area (Å²) in [5.74, 6) is 0.769. The molecule has 0 bridgehead atoms. The molecule has 13 heavy (non-hydrogen) atoms. The van der Waals surface area contributed by atoms with E-state index in [9.17, 15) is 0 Å². The SMILES string of the molecule is NCc1nsc(N2CCCCC2)n1. The predicted octanol–water partition coefficient (Wildman–Crippen LogP) is 0.987. The predicted molar refractivity (Wildman–Crippen MR) is 53.9 cm³/mol. The summed E-state index contributed by atoms with van der Waals surface area (Å²) in [5.41, 5.74) is 5.46. The van der Waals surface area contributed by atoms with Crippen molar-refractivity contribution in [3.63, 3.8) is 0 Å². The van der Waals surface area contributed by atoms with E-state index in [1.54, 1.807) is 0 Å². The Balaban J connectivity index is 2.05. The van der Waals surface area contributed by atoms with E-state index >= 15 is 0 Å². The minimum absolute atomic E-state index is 0.449. The lowest BCUT2D eigenvalue weighted by Gasteiger charge is -2.25. The van der Waals surface area contributed by atoms with Gasteiger partial charge in [0.25, 0.3) is 0 Å². The van der Waals surface area contributed by atoms with Gasteiger partial charge in [-0.2, -0.15) is 4.37 Å². The van der Waals surface area contributed by atoms with Crippen LogP contribution >= 0.6 is 11.5 Å². The molecule has 0 unspecified atom stereocenters. The first-order chi connectivity index (χ1) is 6.40. The topological polar surface area (TPSA) is 55.0 Å². The first-order valence-corrected chi connectivity index (χ1v) is 5.45. The van der Waals surface area contributed by atoms with Crippen molar-refractivity contribution < 1.29 is 0 Å². The van der Waals surface area contributed by atoms with Crippen LogP contribution in [0.15, 0.2) is 0 Å². The van der Waals surface area contributed by atoms with Crippen LogP contribution < -0.4 is 10.6 Å². The van der Waals surface area contributed by atoms with Gasteiger partial charge in [0.05, 0.1) is 6.54 Å². The van der Waals surface area contributed by atoms with E-state index in [-0.39, 0.29) is 0 Å². The quantitative estimate of drug-likeness (QED) is 0.770. The summed E-state index contributed by atoms with van der Waals surface area (Å²) >= 11 is 1.47. The molecule has 2 heterocycles. The third kappa shape index (κ3) is 1.97. The van der Waals surface area contributed by atoms with Crippen LogP contribution in [0.3, 0.4) is 0 Å². The monoisotopic (exact) mass is 198 g/mol. The molecule has 1 saturated heterocycles. The molecule has 2 N–H and O–H groups in total. The van der Waals surface area contributed by atoms with Gasteiger partial charge in [0.15, 0.2) is 5.82 Å². The lowest BCUT2D eigenvalue weighted by molar-refractivity contribution is 0.576. The fourth-order valence-corrected chi connectivity index (χ4v) is 2.29. The summed E-state index contributed by atoms with van der Waals surface area (Å²) < 4.78 is 4.17. The van der Waals surface area contributed by atoms with Crippen LogP contribution in [0.4, 0.5) is 5.13 Å². The maximum absolute atomic E-state index is 5.46. The van der Waals surface area contributed by atoms with E-state index in [1.807, 2.05) is 0 Å². The second kappa shape index (κ2) is 4.02. The molecule has 0 aliphatic carbocycles. The largest absolute Gasteiger partial charge is 0.347 e. The van der Waals surface area contributed by atoms with Gasteiger partial charge in [0, 0.05) is 24.6 Å². The van der Waals surface area contributed by atoms with E-state index in [1.165, 1.54) is 30.8 Å². The smallest absolute Gasteiger partial charge is 0.205 e. The first kappa shape index (κ1) is 8.90. The number of anilines is 1. The van der Waals surface area contributed by atoms with Crippen molar-refractivity contribution in [2.45, 2.75) is 25.8 Å². The highest BCUT2D eigenvalue weighted by Crippen LogP contribution is 2.21. The van der Waals surface area contributed by atoms with Crippen molar-refractivity contribution in [2.75, 3.05) is 18.0 Å². The molecular formula is C8H14N4S. The van der Waals surface area contributed by atoms with Crippen LogP contribution in [0, 0.1) is 0 Å². The second-order valence-corrected chi connectivity index (χ2v) is 3.98. The van der Waals surface area contributed by atoms with Gasteiger partial charge in [0.2, 0.25) is 5.13 Å². The minimum Gasteiger partial charge on any atom is -0.347 e. The van der Waals surface area contributed by atoms with E-state index in [0.29, 0.717) is 6.54 Å². The van der Waals surface area contributed by atoms with E-state index < -0.39 is 0 Å². The molecule has 0 atom stereocenters. The third-order valence-corrected chi connectivity index (χ3v) is 3.08. The van der Waals surface area contributed by atoms with Crippen molar-refractivity contribution in [1.29, 1.82) is 0 Å². The van der Waals surface area contributed by atoms with Gasteiger partial charge in [-0.15, -0.1) is 0 Å². The Morgan fingerprint density at radius 2 is 2.08 bits per heavy atom. The number of rotatable bonds is 2. The molecule has 2 rings (SSSR count). The molecule has 0 spiro atoms. The summed E-state index contributed by atoms with van der Waals surface area (Å²) in [4.78, 5) is 6.67. The Hall–Kier alpha value is -0.680. The zero-order valence-corrected chi connectivity index (χ0v) is 8.39. The molecule has 1 aliphatic heterocycles. The van der Waals surface area contributed by atoms with Crippen LogP contribution in [0.25, 0.3) is 0 Å². The Kier molecular flexibility index (Phi) is 2.75. The number of hydrogen-bond acceptors (Lipinski definition) is 5. The molecule has 1 aromatic rings. The molecule has 1 aliphatic rings. The molecule has 5 heteroatoms. The normalized spacial score (nSPS) is 17.8. The Morgan fingerprint density at radius 1 is 1.31 bits per heavy atom. The third-order valence-electron chi connectivity index (χ3n) is 2.27. The van der Waals surface area contributed by atoms with Crippen molar-refractivity contribution in [1.82, 2.24) is 9.36 Å². The van der Waals surface area contributed by atoms with Gasteiger partial charge >= 0.3 is 0 Å². The van der Waals surface area contributed by atoms with Crippen LogP contribution in [0.1, 0.15) is 25.1 Å². The van der Waals surface area contributed by atoms with Crippen LogP contribution in [-0.4, -0.2) is 22.4 Å². The number of hydrogen-bond donors (Lipinski definition) is 1. The van der Waals surface area contributed by atoms with Crippen molar-refractivity contribution in [2.24, 2.45) is 5.73 Å². The van der Waals surface area contributed by atoms with Gasteiger partial charge in [0.1, 0.15) is 0 Å². The summed E-state index contributed by atoms with van der Waals surface area (Å²) in [6, 6.07) is 0.